The number of aliphatic hydroxyl groups is 1. The van der Waals surface area contributed by atoms with Crippen molar-refractivity contribution in [2.45, 2.75) is 19.4 Å². The van der Waals surface area contributed by atoms with E-state index in [9.17, 15) is 9.90 Å². The number of aliphatic hydroxyl groups excluding tert-OH is 1. The summed E-state index contributed by atoms with van der Waals surface area (Å²) in [6, 6.07) is 1.66. The Morgan fingerprint density at radius 1 is 1.67 bits per heavy atom. The van der Waals surface area contributed by atoms with Crippen LogP contribution in [0.3, 0.4) is 0 Å². The molecular weight excluding hydrogens is 298 g/mol. The third-order valence-electron chi connectivity index (χ3n) is 3.32. The lowest BCUT2D eigenvalue weighted by molar-refractivity contribution is 0.0249. The van der Waals surface area contributed by atoms with E-state index in [1.54, 1.807) is 17.2 Å². The third-order valence-corrected chi connectivity index (χ3v) is 3.76. The molecule has 0 bridgehead atoms. The molecule has 1 aliphatic heterocycles. The lowest BCUT2D eigenvalue weighted by atomic mass is 9.95. The number of carbonyl (C=O) groups excluding carboxylic acids is 1. The van der Waals surface area contributed by atoms with Crippen molar-refractivity contribution < 1.29 is 9.90 Å². The number of β-amino-alcohol motifs (C(OH)–C–C–N with tert-alkyl or cyclic N) is 1. The van der Waals surface area contributed by atoms with E-state index in [0.717, 1.165) is 6.42 Å². The zero-order valence-corrected chi connectivity index (χ0v) is 11.7. The van der Waals surface area contributed by atoms with Gasteiger partial charge in [0.2, 0.25) is 0 Å². The Morgan fingerprint density at radius 3 is 3.06 bits per heavy atom. The van der Waals surface area contributed by atoms with Crippen molar-refractivity contribution in [2.24, 2.45) is 5.92 Å². The van der Waals surface area contributed by atoms with E-state index in [-0.39, 0.29) is 17.6 Å². The molecule has 1 aromatic rings. The molecule has 1 saturated heterocycles. The number of rotatable bonds is 1. The van der Waals surface area contributed by atoms with Crippen molar-refractivity contribution in [2.75, 3.05) is 18.8 Å². The van der Waals surface area contributed by atoms with Crippen LogP contribution in [0.2, 0.25) is 0 Å². The van der Waals surface area contributed by atoms with E-state index >= 15 is 0 Å². The van der Waals surface area contributed by atoms with Gasteiger partial charge in [0.25, 0.3) is 5.91 Å². The van der Waals surface area contributed by atoms with E-state index in [2.05, 4.69) is 20.9 Å². The second-order valence-corrected chi connectivity index (χ2v) is 5.59. The Kier molecular flexibility index (Phi) is 3.87. The van der Waals surface area contributed by atoms with Crippen molar-refractivity contribution in [1.29, 1.82) is 0 Å². The number of piperidine rings is 1. The predicted molar refractivity (Wildman–Crippen MR) is 72.0 cm³/mol. The summed E-state index contributed by atoms with van der Waals surface area (Å²) in [4.78, 5) is 17.9. The molecule has 0 aromatic carbocycles. The molecule has 1 aromatic heterocycles. The molecule has 6 heteroatoms. The van der Waals surface area contributed by atoms with Gasteiger partial charge in [-0.25, -0.2) is 4.98 Å². The maximum Gasteiger partial charge on any atom is 0.257 e. The first-order chi connectivity index (χ1) is 8.49. The summed E-state index contributed by atoms with van der Waals surface area (Å²) in [5.41, 5.74) is 6.10. The van der Waals surface area contributed by atoms with Crippen molar-refractivity contribution in [3.05, 3.63) is 22.3 Å². The van der Waals surface area contributed by atoms with Gasteiger partial charge in [-0.15, -0.1) is 0 Å². The number of hydrogen-bond acceptors (Lipinski definition) is 4. The zero-order chi connectivity index (χ0) is 13.3. The van der Waals surface area contributed by atoms with Gasteiger partial charge in [-0.3, -0.25) is 4.79 Å². The van der Waals surface area contributed by atoms with Crippen LogP contribution >= 0.6 is 15.9 Å². The summed E-state index contributed by atoms with van der Waals surface area (Å²) in [5.74, 6) is 0.274. The van der Waals surface area contributed by atoms with E-state index < -0.39 is 6.10 Å². The van der Waals surface area contributed by atoms with Crippen LogP contribution in [0, 0.1) is 5.92 Å². The van der Waals surface area contributed by atoms with Crippen molar-refractivity contribution in [3.8, 4) is 0 Å². The standard InChI is InChI=1S/C12H16BrN3O2/c1-7-2-3-16(6-10(7)17)12(18)9-4-8(13)5-15-11(9)14/h4-5,7,10,17H,2-3,6H2,1H3,(H2,14,15). The molecule has 5 nitrogen and oxygen atoms in total. The van der Waals surface area contributed by atoms with Crippen molar-refractivity contribution >= 4 is 27.7 Å². The summed E-state index contributed by atoms with van der Waals surface area (Å²) >= 11 is 3.27. The minimum absolute atomic E-state index is 0.174. The Labute approximate surface area is 114 Å². The van der Waals surface area contributed by atoms with Gasteiger partial charge in [0.05, 0.1) is 11.7 Å². The van der Waals surface area contributed by atoms with Gasteiger partial charge in [0.15, 0.2) is 0 Å². The van der Waals surface area contributed by atoms with Crippen LogP contribution in [-0.4, -0.2) is 40.1 Å². The van der Waals surface area contributed by atoms with Gasteiger partial charge in [0, 0.05) is 23.8 Å². The first-order valence-corrected chi connectivity index (χ1v) is 6.66. The van der Waals surface area contributed by atoms with Crippen molar-refractivity contribution in [1.82, 2.24) is 9.88 Å². The lowest BCUT2D eigenvalue weighted by Crippen LogP contribution is -2.46. The molecule has 0 radical (unpaired) electrons. The number of hydrogen-bond donors (Lipinski definition) is 2. The minimum Gasteiger partial charge on any atom is -0.391 e. The molecule has 0 aliphatic carbocycles. The molecule has 3 N–H and O–H groups in total. The first kappa shape index (κ1) is 13.3. The molecule has 0 saturated carbocycles. The fourth-order valence-electron chi connectivity index (χ4n) is 2.02. The zero-order valence-electron chi connectivity index (χ0n) is 10.1. The number of amides is 1. The van der Waals surface area contributed by atoms with Crippen molar-refractivity contribution in [3.63, 3.8) is 0 Å². The van der Waals surface area contributed by atoms with Gasteiger partial charge in [0.1, 0.15) is 5.82 Å². The van der Waals surface area contributed by atoms with Crippen LogP contribution in [0.25, 0.3) is 0 Å². The number of nitrogen functional groups attached to an aromatic ring is 1. The first-order valence-electron chi connectivity index (χ1n) is 5.87. The van der Waals surface area contributed by atoms with Crippen LogP contribution in [0.5, 0.6) is 0 Å². The Hall–Kier alpha value is -1.14. The number of aromatic nitrogens is 1. The van der Waals surface area contributed by atoms with Gasteiger partial charge >= 0.3 is 0 Å². The van der Waals surface area contributed by atoms with Gasteiger partial charge < -0.3 is 15.7 Å². The third kappa shape index (κ3) is 2.64. The molecule has 1 amide bonds. The molecule has 1 aliphatic rings. The topological polar surface area (TPSA) is 79.5 Å². The lowest BCUT2D eigenvalue weighted by Gasteiger charge is -2.34. The molecule has 2 heterocycles. The van der Waals surface area contributed by atoms with Crippen LogP contribution in [0.1, 0.15) is 23.7 Å². The summed E-state index contributed by atoms with van der Waals surface area (Å²) in [7, 11) is 0. The number of likely N-dealkylation sites (tertiary alicyclic amines) is 1. The number of anilines is 1. The molecule has 2 atom stereocenters. The molecule has 1 fully saturated rings. The average Bonchev–Trinajstić information content (AvgIpc) is 2.35. The maximum atomic E-state index is 12.3. The smallest absolute Gasteiger partial charge is 0.257 e. The molecule has 2 rings (SSSR count). The van der Waals surface area contributed by atoms with Gasteiger partial charge in [-0.1, -0.05) is 6.92 Å². The molecular formula is C12H16BrN3O2. The number of carbonyl (C=O) groups is 1. The highest BCUT2D eigenvalue weighted by Gasteiger charge is 2.28. The monoisotopic (exact) mass is 313 g/mol. The van der Waals surface area contributed by atoms with E-state index in [0.29, 0.717) is 23.1 Å². The highest BCUT2D eigenvalue weighted by Crippen LogP contribution is 2.22. The second kappa shape index (κ2) is 5.24. The second-order valence-electron chi connectivity index (χ2n) is 4.67. The van der Waals surface area contributed by atoms with Crippen LogP contribution < -0.4 is 5.73 Å². The summed E-state index contributed by atoms with van der Waals surface area (Å²) in [6.07, 6.45) is 1.89. The number of halogens is 1. The van der Waals surface area contributed by atoms with E-state index in [4.69, 9.17) is 5.73 Å². The van der Waals surface area contributed by atoms with Gasteiger partial charge in [-0.2, -0.15) is 0 Å². The number of nitrogens with two attached hydrogens (primary N) is 1. The largest absolute Gasteiger partial charge is 0.391 e. The van der Waals surface area contributed by atoms with Crippen LogP contribution in [0.4, 0.5) is 5.82 Å². The van der Waals surface area contributed by atoms with Crippen LogP contribution in [0.15, 0.2) is 16.7 Å². The summed E-state index contributed by atoms with van der Waals surface area (Å²) < 4.78 is 0.714. The Bertz CT molecular complexity index is 467. The van der Waals surface area contributed by atoms with E-state index in [1.165, 1.54) is 0 Å². The molecule has 2 unspecified atom stereocenters. The van der Waals surface area contributed by atoms with E-state index in [1.807, 2.05) is 6.92 Å². The SMILES string of the molecule is CC1CCN(C(=O)c2cc(Br)cnc2N)CC1O. The van der Waals surface area contributed by atoms with Gasteiger partial charge in [-0.05, 0) is 34.3 Å². The molecule has 18 heavy (non-hydrogen) atoms. The maximum absolute atomic E-state index is 12.3. The minimum atomic E-state index is -0.468. The summed E-state index contributed by atoms with van der Waals surface area (Å²) in [5, 5.41) is 9.82. The molecule has 0 spiro atoms. The van der Waals surface area contributed by atoms with Crippen LogP contribution in [-0.2, 0) is 0 Å². The summed E-state index contributed by atoms with van der Waals surface area (Å²) in [6.45, 7) is 2.98. The highest BCUT2D eigenvalue weighted by atomic mass is 79.9. The number of nitrogens with zero attached hydrogens (tertiary/aromatic N) is 2. The highest BCUT2D eigenvalue weighted by molar-refractivity contribution is 9.10. The Morgan fingerprint density at radius 2 is 2.39 bits per heavy atom. The predicted octanol–water partition coefficient (Wildman–Crippen LogP) is 1.27. The quantitative estimate of drug-likeness (QED) is 0.818. The average molecular weight is 314 g/mol. The normalized spacial score (nSPS) is 24.1. The number of pyridine rings is 1. The fourth-order valence-corrected chi connectivity index (χ4v) is 2.36. The molecule has 98 valence electrons. The Balaban J connectivity index is 2.19. The fraction of sp³-hybridized carbons (Fsp3) is 0.500.